The van der Waals surface area contributed by atoms with E-state index >= 15 is 0 Å². The van der Waals surface area contributed by atoms with E-state index in [0.717, 1.165) is 24.4 Å². The van der Waals surface area contributed by atoms with E-state index in [1.165, 1.54) is 16.8 Å². The van der Waals surface area contributed by atoms with Gasteiger partial charge in [-0.3, -0.25) is 0 Å². The second-order valence-corrected chi connectivity index (χ2v) is 5.61. The van der Waals surface area contributed by atoms with Crippen molar-refractivity contribution in [1.29, 1.82) is 0 Å². The minimum Gasteiger partial charge on any atom is -0.350 e. The lowest BCUT2D eigenvalue weighted by Gasteiger charge is -2.18. The molecule has 1 heterocycles. The lowest BCUT2D eigenvalue weighted by Crippen LogP contribution is -2.15. The van der Waals surface area contributed by atoms with Crippen LogP contribution in [-0.4, -0.2) is 11.4 Å². The van der Waals surface area contributed by atoms with Crippen LogP contribution in [0.3, 0.4) is 0 Å². The van der Waals surface area contributed by atoms with Gasteiger partial charge in [-0.05, 0) is 30.1 Å². The summed E-state index contributed by atoms with van der Waals surface area (Å²) in [6.07, 6.45) is 12.8. The minimum atomic E-state index is 0.164. The fourth-order valence-electron chi connectivity index (χ4n) is 2.78. The first-order valence-electron chi connectivity index (χ1n) is 6.33. The van der Waals surface area contributed by atoms with Gasteiger partial charge in [-0.15, -0.1) is 0 Å². The number of halogens is 2. The molecule has 0 N–H and O–H groups in total. The molecule has 1 nitrogen and oxygen atoms in total. The summed E-state index contributed by atoms with van der Waals surface area (Å²) in [5.41, 5.74) is 3.89. The predicted molar refractivity (Wildman–Crippen MR) is 77.2 cm³/mol. The van der Waals surface area contributed by atoms with Gasteiger partial charge in [0.15, 0.2) is 0 Å². The summed E-state index contributed by atoms with van der Waals surface area (Å²) in [6, 6.07) is 0. The number of allylic oxidation sites excluding steroid dienone is 7. The van der Waals surface area contributed by atoms with E-state index in [1.54, 1.807) is 0 Å². The lowest BCUT2D eigenvalue weighted by atomic mass is 9.94. The van der Waals surface area contributed by atoms with Crippen LogP contribution in [-0.2, 0) is 0 Å². The van der Waals surface area contributed by atoms with Gasteiger partial charge in [-0.25, -0.2) is 0 Å². The molecule has 2 aliphatic carbocycles. The van der Waals surface area contributed by atoms with Crippen LogP contribution in [0.2, 0.25) is 0 Å². The van der Waals surface area contributed by atoms with Crippen molar-refractivity contribution in [2.45, 2.75) is 19.8 Å². The Morgan fingerprint density at radius 1 is 1.39 bits per heavy atom. The highest BCUT2D eigenvalue weighted by Gasteiger charge is 2.38. The van der Waals surface area contributed by atoms with Gasteiger partial charge in [-0.1, -0.05) is 48.4 Å². The lowest BCUT2D eigenvalue weighted by molar-refractivity contribution is 0.463. The van der Waals surface area contributed by atoms with Gasteiger partial charge in [0.25, 0.3) is 0 Å². The summed E-state index contributed by atoms with van der Waals surface area (Å²) in [7, 11) is 0. The van der Waals surface area contributed by atoms with Crippen molar-refractivity contribution in [3.05, 3.63) is 57.4 Å². The van der Waals surface area contributed by atoms with Crippen LogP contribution in [0.25, 0.3) is 0 Å². The predicted octanol–water partition coefficient (Wildman–Crippen LogP) is 4.69. The van der Waals surface area contributed by atoms with Crippen LogP contribution in [0, 0.1) is 5.92 Å². The third-order valence-electron chi connectivity index (χ3n) is 3.60. The molecule has 0 saturated heterocycles. The molecule has 94 valence electrons. The topological polar surface area (TPSA) is 3.24 Å². The zero-order chi connectivity index (χ0) is 12.7. The number of hydrogen-bond acceptors (Lipinski definition) is 1. The van der Waals surface area contributed by atoms with Crippen LogP contribution in [0.15, 0.2) is 57.4 Å². The van der Waals surface area contributed by atoms with Crippen molar-refractivity contribution < 1.29 is 0 Å². The van der Waals surface area contributed by atoms with E-state index in [2.05, 4.69) is 36.3 Å². The van der Waals surface area contributed by atoms with Crippen molar-refractivity contribution >= 4 is 23.2 Å². The molecule has 1 atom stereocenters. The van der Waals surface area contributed by atoms with E-state index in [-0.39, 0.29) is 5.92 Å². The van der Waals surface area contributed by atoms with Crippen LogP contribution in [0.5, 0.6) is 0 Å². The van der Waals surface area contributed by atoms with E-state index in [4.69, 9.17) is 23.2 Å². The van der Waals surface area contributed by atoms with Gasteiger partial charge in [0.05, 0.1) is 16.0 Å². The van der Waals surface area contributed by atoms with Gasteiger partial charge in [-0.2, -0.15) is 0 Å². The number of hydrogen-bond donors (Lipinski definition) is 0. The summed E-state index contributed by atoms with van der Waals surface area (Å²) in [4.78, 5) is 2.29. The zero-order valence-electron chi connectivity index (χ0n) is 10.3. The molecule has 1 unspecified atom stereocenters. The SMILES string of the molecule is CCCN1C=C(C2=CC=CC2)C2C1=CC(Cl)=C2Cl. The third kappa shape index (κ3) is 1.77. The summed E-state index contributed by atoms with van der Waals surface area (Å²) >= 11 is 12.6. The zero-order valence-corrected chi connectivity index (χ0v) is 11.8. The smallest absolute Gasteiger partial charge is 0.0633 e. The summed E-state index contributed by atoms with van der Waals surface area (Å²) in [5.74, 6) is 0.164. The quantitative estimate of drug-likeness (QED) is 0.725. The van der Waals surface area contributed by atoms with E-state index < -0.39 is 0 Å². The molecule has 0 aromatic rings. The van der Waals surface area contributed by atoms with Crippen LogP contribution >= 0.6 is 23.2 Å². The Morgan fingerprint density at radius 2 is 2.22 bits per heavy atom. The molecule has 3 aliphatic rings. The van der Waals surface area contributed by atoms with Gasteiger partial charge >= 0.3 is 0 Å². The molecule has 0 saturated carbocycles. The molecule has 0 spiro atoms. The van der Waals surface area contributed by atoms with Crippen molar-refractivity contribution in [1.82, 2.24) is 4.90 Å². The maximum Gasteiger partial charge on any atom is 0.0633 e. The number of rotatable bonds is 3. The molecule has 1 aliphatic heterocycles. The Kier molecular flexibility index (Phi) is 3.13. The molecular weight excluding hydrogens is 265 g/mol. The molecule has 3 rings (SSSR count). The van der Waals surface area contributed by atoms with Crippen LogP contribution in [0.4, 0.5) is 0 Å². The molecule has 0 radical (unpaired) electrons. The van der Waals surface area contributed by atoms with Crippen LogP contribution in [0.1, 0.15) is 19.8 Å². The Bertz CT molecular complexity index is 535. The minimum absolute atomic E-state index is 0.164. The van der Waals surface area contributed by atoms with Gasteiger partial charge < -0.3 is 4.90 Å². The Hall–Kier alpha value is -0.920. The third-order valence-corrected chi connectivity index (χ3v) is 4.43. The Morgan fingerprint density at radius 3 is 2.89 bits per heavy atom. The molecule has 3 heteroatoms. The highest BCUT2D eigenvalue weighted by Crippen LogP contribution is 2.49. The maximum absolute atomic E-state index is 6.38. The summed E-state index contributed by atoms with van der Waals surface area (Å²) < 4.78 is 0. The van der Waals surface area contributed by atoms with Gasteiger partial charge in [0.1, 0.15) is 0 Å². The average molecular weight is 280 g/mol. The van der Waals surface area contributed by atoms with E-state index in [0.29, 0.717) is 5.03 Å². The van der Waals surface area contributed by atoms with Gasteiger partial charge in [0, 0.05) is 18.4 Å². The maximum atomic E-state index is 6.38. The molecule has 0 aromatic heterocycles. The fraction of sp³-hybridized carbons (Fsp3) is 0.333. The second-order valence-electron chi connectivity index (χ2n) is 4.80. The first kappa shape index (κ1) is 12.1. The Labute approximate surface area is 118 Å². The number of nitrogens with zero attached hydrogens (tertiary/aromatic N) is 1. The molecular formula is C15H15Cl2N. The fourth-order valence-corrected chi connectivity index (χ4v) is 3.28. The first-order valence-corrected chi connectivity index (χ1v) is 7.09. The number of fused-ring (bicyclic) bond motifs is 1. The molecule has 0 aromatic carbocycles. The van der Waals surface area contributed by atoms with Crippen molar-refractivity contribution in [2.24, 2.45) is 5.92 Å². The highest BCUT2D eigenvalue weighted by molar-refractivity contribution is 6.41. The first-order chi connectivity index (χ1) is 8.72. The largest absolute Gasteiger partial charge is 0.350 e. The molecule has 0 amide bonds. The molecule has 0 bridgehead atoms. The van der Waals surface area contributed by atoms with Crippen molar-refractivity contribution in [3.8, 4) is 0 Å². The van der Waals surface area contributed by atoms with Crippen molar-refractivity contribution in [3.63, 3.8) is 0 Å². The van der Waals surface area contributed by atoms with Gasteiger partial charge in [0.2, 0.25) is 0 Å². The standard InChI is InChI=1S/C15H15Cl2N/c1-2-7-18-9-11(10-5-3-4-6-10)14-13(18)8-12(16)15(14)17/h3-5,8-9,14H,2,6-7H2,1H3. The molecule has 0 fully saturated rings. The highest BCUT2D eigenvalue weighted by atomic mass is 35.5. The second kappa shape index (κ2) is 4.64. The van der Waals surface area contributed by atoms with Crippen LogP contribution < -0.4 is 0 Å². The van der Waals surface area contributed by atoms with E-state index in [1.807, 2.05) is 6.08 Å². The summed E-state index contributed by atoms with van der Waals surface area (Å²) in [6.45, 7) is 3.20. The normalized spacial score (nSPS) is 25.6. The summed E-state index contributed by atoms with van der Waals surface area (Å²) in [5, 5.41) is 1.46. The average Bonchev–Trinajstić information content (AvgIpc) is 3.02. The van der Waals surface area contributed by atoms with E-state index in [9.17, 15) is 0 Å². The molecule has 18 heavy (non-hydrogen) atoms. The Balaban J connectivity index is 1.98. The monoisotopic (exact) mass is 279 g/mol. The van der Waals surface area contributed by atoms with Crippen molar-refractivity contribution in [2.75, 3.05) is 6.54 Å².